The van der Waals surface area contributed by atoms with Crippen molar-refractivity contribution in [3.8, 4) is 0 Å². The number of hydrogen-bond acceptors (Lipinski definition) is 2. The zero-order valence-corrected chi connectivity index (χ0v) is 9.55. The fourth-order valence-electron chi connectivity index (χ4n) is 0.419. The maximum absolute atomic E-state index is 10.5. The van der Waals surface area contributed by atoms with E-state index in [9.17, 15) is 4.79 Å². The summed E-state index contributed by atoms with van der Waals surface area (Å²) in [5, 5.41) is 2.75. The van der Waals surface area contributed by atoms with Crippen LogP contribution in [0.25, 0.3) is 0 Å². The van der Waals surface area contributed by atoms with Gasteiger partial charge in [0.2, 0.25) is 0 Å². The summed E-state index contributed by atoms with van der Waals surface area (Å²) < 4.78 is 0. The summed E-state index contributed by atoms with van der Waals surface area (Å²) in [4.78, 5) is 10.5. The molecule has 0 bridgehead atoms. The van der Waals surface area contributed by atoms with Crippen LogP contribution in [0.4, 0.5) is 18.8 Å². The van der Waals surface area contributed by atoms with Crippen molar-refractivity contribution >= 4 is 5.78 Å². The van der Waals surface area contributed by atoms with E-state index in [1.54, 1.807) is 19.2 Å². The summed E-state index contributed by atoms with van der Waals surface area (Å²) in [7, 11) is 1.75. The third-order valence-corrected chi connectivity index (χ3v) is 0.704. The predicted molar refractivity (Wildman–Crippen MR) is 43.8 cm³/mol. The number of allylic oxidation sites excluding steroid dienone is 1. The van der Waals surface area contributed by atoms with Gasteiger partial charge in [0.05, 0.1) is 6.54 Å². The van der Waals surface area contributed by atoms with Crippen LogP contribution >= 0.6 is 0 Å². The predicted octanol–water partition coefficient (Wildman–Crippen LogP) is 0.958. The van der Waals surface area contributed by atoms with Crippen LogP contribution in [0.3, 0.4) is 0 Å². The Kier molecular flexibility index (Phi) is 88.1. The van der Waals surface area contributed by atoms with Gasteiger partial charge in [-0.1, -0.05) is 6.08 Å². The van der Waals surface area contributed by atoms with Crippen molar-refractivity contribution in [1.82, 2.24) is 5.32 Å². The minimum atomic E-state index is 0. The van der Waals surface area contributed by atoms with Crippen LogP contribution < -0.4 is 5.32 Å². The van der Waals surface area contributed by atoms with E-state index in [0.29, 0.717) is 6.54 Å². The van der Waals surface area contributed by atoms with Crippen LogP contribution in [0.5, 0.6) is 0 Å². The first-order valence-corrected chi connectivity index (χ1v) is 2.61. The number of likely N-dealkylation sites (N-methyl/N-ethyl adjacent to an activating group) is 1. The fraction of sp³-hybridized carbons (Fsp3) is 0.500. The summed E-state index contributed by atoms with van der Waals surface area (Å²) >= 11 is 0. The molecule has 2 nitrogen and oxygen atoms in total. The van der Waals surface area contributed by atoms with E-state index < -0.39 is 0 Å². The summed E-state index contributed by atoms with van der Waals surface area (Å²) in [6, 6.07) is 0. The van der Waals surface area contributed by atoms with Gasteiger partial charge in [-0.25, -0.2) is 0 Å². The number of rotatable bonds is 3. The molecule has 13 heavy (non-hydrogen) atoms. The molecule has 83 valence electrons. The second-order valence-corrected chi connectivity index (χ2v) is 1.50. The maximum Gasteiger partial charge on any atom is 0.169 e. The van der Waals surface area contributed by atoms with Gasteiger partial charge in [0.15, 0.2) is 5.78 Å². The molecule has 0 fully saturated rings. The first kappa shape index (κ1) is 38.5. The summed E-state index contributed by atoms with van der Waals surface area (Å²) in [5.74, 6) is 0.120. The number of halogens is 4. The number of nitrogens with one attached hydrogen (secondary N) is 1. The van der Waals surface area contributed by atoms with Gasteiger partial charge in [-0.3, -0.25) is 23.6 Å². The Labute approximate surface area is 90.1 Å². The first-order chi connectivity index (χ1) is 3.81. The van der Waals surface area contributed by atoms with Crippen LogP contribution in [0.1, 0.15) is 6.92 Å². The van der Waals surface area contributed by atoms with Gasteiger partial charge in [0.1, 0.15) is 0 Å². The van der Waals surface area contributed by atoms with Crippen molar-refractivity contribution in [1.29, 1.82) is 0 Å². The summed E-state index contributed by atoms with van der Waals surface area (Å²) in [6.45, 7) is 2.26. The number of carbonyl (C=O) groups excluding carboxylic acids is 1. The Morgan fingerprint density at radius 1 is 1.23 bits per heavy atom. The molecular formula is C6H15F4NNbO. The average molecular weight is 286 g/mol. The van der Waals surface area contributed by atoms with Crippen LogP contribution in [0.15, 0.2) is 12.2 Å². The van der Waals surface area contributed by atoms with Gasteiger partial charge in [-0.15, -0.1) is 0 Å². The monoisotopic (exact) mass is 286 g/mol. The van der Waals surface area contributed by atoms with E-state index in [4.69, 9.17) is 0 Å². The molecule has 0 heterocycles. The summed E-state index contributed by atoms with van der Waals surface area (Å²) in [5.41, 5.74) is 0. The van der Waals surface area contributed by atoms with E-state index in [0.717, 1.165) is 0 Å². The molecule has 1 N–H and O–H groups in total. The molecule has 0 aliphatic carbocycles. The zero-order chi connectivity index (χ0) is 6.41. The smallest absolute Gasteiger partial charge is 0.169 e. The molecule has 0 saturated heterocycles. The van der Waals surface area contributed by atoms with E-state index in [2.05, 4.69) is 5.32 Å². The molecule has 0 atom stereocenters. The van der Waals surface area contributed by atoms with E-state index in [-0.39, 0.29) is 47.0 Å². The minimum absolute atomic E-state index is 0. The Hall–Kier alpha value is -0.170. The standard InChI is InChI=1S/C6H11NO.4FH.Nb/c1-3-4-6(8)5-7-2;;;;;/h3-4,7H,5H2,1-2H3;4*1H;/b4-3+;;;;;. The van der Waals surface area contributed by atoms with Crippen molar-refractivity contribution in [2.75, 3.05) is 13.6 Å². The molecule has 0 unspecified atom stereocenters. The van der Waals surface area contributed by atoms with Crippen molar-refractivity contribution in [2.45, 2.75) is 6.92 Å². The molecule has 1 radical (unpaired) electrons. The second-order valence-electron chi connectivity index (χ2n) is 1.50. The molecule has 0 rings (SSSR count). The number of carbonyl (C=O) groups is 1. The van der Waals surface area contributed by atoms with Crippen molar-refractivity contribution in [3.63, 3.8) is 0 Å². The topological polar surface area (TPSA) is 29.1 Å². The zero-order valence-electron chi connectivity index (χ0n) is 7.35. The molecule has 0 aliphatic rings. The van der Waals surface area contributed by atoms with Gasteiger partial charge in [0, 0.05) is 22.4 Å². The maximum atomic E-state index is 10.5. The molecule has 0 saturated carbocycles. The van der Waals surface area contributed by atoms with Crippen molar-refractivity contribution in [3.05, 3.63) is 12.2 Å². The van der Waals surface area contributed by atoms with Gasteiger partial charge in [0.25, 0.3) is 0 Å². The molecule has 0 spiro atoms. The van der Waals surface area contributed by atoms with E-state index >= 15 is 0 Å². The van der Waals surface area contributed by atoms with Gasteiger partial charge < -0.3 is 5.32 Å². The number of hydrogen-bond donors (Lipinski definition) is 1. The Morgan fingerprint density at radius 3 is 1.85 bits per heavy atom. The third-order valence-electron chi connectivity index (χ3n) is 0.704. The van der Waals surface area contributed by atoms with Gasteiger partial charge in [-0.2, -0.15) is 0 Å². The Morgan fingerprint density at radius 2 is 1.62 bits per heavy atom. The second kappa shape index (κ2) is 29.7. The first-order valence-electron chi connectivity index (χ1n) is 2.61. The van der Waals surface area contributed by atoms with Crippen LogP contribution in [0, 0.1) is 0 Å². The fourth-order valence-corrected chi connectivity index (χ4v) is 0.419. The van der Waals surface area contributed by atoms with Crippen molar-refractivity contribution < 1.29 is 46.0 Å². The molecule has 0 amide bonds. The van der Waals surface area contributed by atoms with Gasteiger partial charge >= 0.3 is 0 Å². The van der Waals surface area contributed by atoms with E-state index in [1.807, 2.05) is 6.92 Å². The van der Waals surface area contributed by atoms with Gasteiger partial charge in [-0.05, 0) is 20.0 Å². The Balaban J connectivity index is -0.0000000245. The SMILES string of the molecule is C/C=C/C(=O)CNC.F.F.F.F.[Nb]. The molecular weight excluding hydrogens is 271 g/mol. The van der Waals surface area contributed by atoms with Crippen LogP contribution in [-0.2, 0) is 27.2 Å². The normalized spacial score (nSPS) is 6.31. The largest absolute Gasteiger partial charge is 0.313 e. The minimum Gasteiger partial charge on any atom is -0.313 e. The molecule has 0 aromatic heterocycles. The molecule has 0 aliphatic heterocycles. The molecule has 7 heteroatoms. The third kappa shape index (κ3) is 33.6. The Bertz CT molecular complexity index is 113. The average Bonchev–Trinajstić information content (AvgIpc) is 1.68. The number of ketones is 1. The molecule has 0 aromatic carbocycles. The van der Waals surface area contributed by atoms with Crippen LogP contribution in [0.2, 0.25) is 0 Å². The summed E-state index contributed by atoms with van der Waals surface area (Å²) in [6.07, 6.45) is 3.29. The molecule has 0 aromatic rings. The van der Waals surface area contributed by atoms with Crippen molar-refractivity contribution in [2.24, 2.45) is 0 Å². The quantitative estimate of drug-likeness (QED) is 0.475. The van der Waals surface area contributed by atoms with E-state index in [1.165, 1.54) is 0 Å². The van der Waals surface area contributed by atoms with Crippen LogP contribution in [-0.4, -0.2) is 19.4 Å².